The van der Waals surface area contributed by atoms with Crippen LogP contribution in [0, 0.1) is 5.82 Å². The molecule has 0 saturated heterocycles. The van der Waals surface area contributed by atoms with Gasteiger partial charge in [-0.1, -0.05) is 11.8 Å². The topological polar surface area (TPSA) is 144 Å². The molecule has 192 valence electrons. The van der Waals surface area contributed by atoms with Crippen molar-refractivity contribution < 1.29 is 32.6 Å². The Morgan fingerprint density at radius 3 is 2.51 bits per heavy atom. The van der Waals surface area contributed by atoms with Crippen LogP contribution in [0.15, 0.2) is 63.6 Å². The number of carboxylic acid groups (broad SMARTS) is 1. The molecule has 0 aliphatic heterocycles. The number of alkyl halides is 3. The maximum atomic E-state index is 13.9. The third-order valence-corrected chi connectivity index (χ3v) is 5.89. The Hall–Kier alpha value is -4.17. The second kappa shape index (κ2) is 10.4. The largest absolute Gasteiger partial charge is 0.490 e. The minimum atomic E-state index is -5.08. The molecular formula is C23H17F4N5O4S. The van der Waals surface area contributed by atoms with Crippen molar-refractivity contribution in [1.29, 1.82) is 0 Å². The van der Waals surface area contributed by atoms with Gasteiger partial charge in [0.05, 0.1) is 23.0 Å². The molecule has 0 atom stereocenters. The molecule has 14 heteroatoms. The van der Waals surface area contributed by atoms with E-state index in [0.717, 1.165) is 15.8 Å². The van der Waals surface area contributed by atoms with Gasteiger partial charge in [0, 0.05) is 40.0 Å². The molecule has 9 nitrogen and oxygen atoms in total. The maximum absolute atomic E-state index is 13.9. The van der Waals surface area contributed by atoms with Crippen LogP contribution < -0.4 is 10.9 Å². The highest BCUT2D eigenvalue weighted by Gasteiger charge is 2.38. The van der Waals surface area contributed by atoms with Crippen LogP contribution in [-0.4, -0.2) is 55.4 Å². The van der Waals surface area contributed by atoms with Crippen LogP contribution in [0.5, 0.6) is 0 Å². The zero-order valence-corrected chi connectivity index (χ0v) is 19.4. The number of hydrogen-bond acceptors (Lipinski definition) is 7. The summed E-state index contributed by atoms with van der Waals surface area (Å²) in [5.74, 6) is -2.48. The first-order chi connectivity index (χ1) is 17.6. The molecule has 3 aromatic heterocycles. The van der Waals surface area contributed by atoms with Crippen molar-refractivity contribution in [1.82, 2.24) is 19.9 Å². The number of halogens is 4. The number of aromatic amines is 2. The number of hydrogen-bond donors (Lipinski definition) is 5. The van der Waals surface area contributed by atoms with E-state index in [9.17, 15) is 22.4 Å². The number of carboxylic acids is 1. The molecule has 2 aromatic carbocycles. The molecule has 0 spiro atoms. The average molecular weight is 535 g/mol. The Bertz CT molecular complexity index is 1650. The minimum Gasteiger partial charge on any atom is -0.475 e. The van der Waals surface area contributed by atoms with Gasteiger partial charge < -0.3 is 25.5 Å². The Kier molecular flexibility index (Phi) is 7.31. The van der Waals surface area contributed by atoms with Gasteiger partial charge >= 0.3 is 12.1 Å². The van der Waals surface area contributed by atoms with Gasteiger partial charge in [0.1, 0.15) is 11.6 Å². The molecule has 5 N–H and O–H groups in total. The molecule has 0 aliphatic carbocycles. The highest BCUT2D eigenvalue weighted by atomic mass is 32.2. The van der Waals surface area contributed by atoms with Crippen LogP contribution >= 0.6 is 11.8 Å². The third kappa shape index (κ3) is 5.65. The van der Waals surface area contributed by atoms with Crippen LogP contribution in [0.1, 0.15) is 0 Å². The first-order valence-electron chi connectivity index (χ1n) is 10.5. The van der Waals surface area contributed by atoms with Crippen molar-refractivity contribution in [2.75, 3.05) is 18.5 Å². The number of H-pyrrole nitrogens is 2. The summed E-state index contributed by atoms with van der Waals surface area (Å²) in [5.41, 5.74) is 1.13. The Balaban J connectivity index is 0.000000405. The number of aliphatic hydroxyl groups is 1. The normalized spacial score (nSPS) is 11.5. The summed E-state index contributed by atoms with van der Waals surface area (Å²) < 4.78 is 45.7. The number of benzene rings is 2. The van der Waals surface area contributed by atoms with Gasteiger partial charge in [-0.25, -0.2) is 19.2 Å². The first-order valence-corrected chi connectivity index (χ1v) is 11.3. The van der Waals surface area contributed by atoms with Crippen LogP contribution in [0.25, 0.3) is 32.6 Å². The number of rotatable bonds is 5. The molecule has 0 unspecified atom stereocenters. The molecule has 5 aromatic rings. The Morgan fingerprint density at radius 2 is 1.86 bits per heavy atom. The number of aliphatic hydroxyl groups excluding tert-OH is 1. The predicted octanol–water partition coefficient (Wildman–Crippen LogP) is 4.28. The lowest BCUT2D eigenvalue weighted by Gasteiger charge is -2.05. The second-order valence-electron chi connectivity index (χ2n) is 7.49. The number of fused-ring (bicyclic) bond motifs is 6. The fraction of sp³-hybridized carbons (Fsp3) is 0.130. The van der Waals surface area contributed by atoms with Crippen molar-refractivity contribution in [3.05, 3.63) is 65.0 Å². The average Bonchev–Trinajstić information content (AvgIpc) is 3.27. The van der Waals surface area contributed by atoms with E-state index in [-0.39, 0.29) is 12.2 Å². The molecule has 37 heavy (non-hydrogen) atoms. The lowest BCUT2D eigenvalue weighted by Crippen LogP contribution is -2.21. The van der Waals surface area contributed by atoms with Crippen LogP contribution in [0.2, 0.25) is 0 Å². The van der Waals surface area contributed by atoms with E-state index in [4.69, 9.17) is 20.0 Å². The number of imidazole rings is 1. The van der Waals surface area contributed by atoms with E-state index in [1.54, 1.807) is 24.5 Å². The van der Waals surface area contributed by atoms with Gasteiger partial charge in [-0.15, -0.1) is 0 Å². The fourth-order valence-corrected chi connectivity index (χ4v) is 4.27. The van der Waals surface area contributed by atoms with Crippen molar-refractivity contribution >= 4 is 56.1 Å². The lowest BCUT2D eigenvalue weighted by atomic mass is 10.0. The van der Waals surface area contributed by atoms with Crippen molar-refractivity contribution in [2.24, 2.45) is 0 Å². The molecule has 0 radical (unpaired) electrons. The summed E-state index contributed by atoms with van der Waals surface area (Å²) in [4.78, 5) is 37.3. The van der Waals surface area contributed by atoms with E-state index >= 15 is 0 Å². The molecular weight excluding hydrogens is 518 g/mol. The predicted molar refractivity (Wildman–Crippen MR) is 129 cm³/mol. The monoisotopic (exact) mass is 535 g/mol. The highest BCUT2D eigenvalue weighted by Crippen LogP contribution is 2.35. The number of nitrogens with one attached hydrogen (secondary N) is 3. The molecule has 0 saturated carbocycles. The van der Waals surface area contributed by atoms with Crippen LogP contribution in [0.3, 0.4) is 0 Å². The van der Waals surface area contributed by atoms with Gasteiger partial charge in [-0.2, -0.15) is 13.2 Å². The minimum absolute atomic E-state index is 0.0335. The molecule has 0 bridgehead atoms. The van der Waals surface area contributed by atoms with Gasteiger partial charge in [0.25, 0.3) is 5.56 Å². The number of nitrogens with zero attached hydrogens (tertiary/aromatic N) is 2. The Morgan fingerprint density at radius 1 is 1.11 bits per heavy atom. The Labute approximate surface area is 208 Å². The SMILES string of the molecule is O=C(O)C(F)(F)F.O=c1[nH]ccc2c3nc(Sc4ccc(NCCO)nc4)[nH]c3c3ccc(F)cc3c12. The summed E-state index contributed by atoms with van der Waals surface area (Å²) in [5, 5.41) is 22.0. The van der Waals surface area contributed by atoms with Gasteiger partial charge in [-0.3, -0.25) is 4.79 Å². The van der Waals surface area contributed by atoms with Gasteiger partial charge in [0.2, 0.25) is 0 Å². The summed E-state index contributed by atoms with van der Waals surface area (Å²) >= 11 is 1.40. The number of anilines is 1. The maximum Gasteiger partial charge on any atom is 0.490 e. The number of pyridine rings is 2. The number of aromatic nitrogens is 4. The van der Waals surface area contributed by atoms with Crippen molar-refractivity contribution in [3.63, 3.8) is 0 Å². The molecule has 0 amide bonds. The number of carbonyl (C=O) groups is 1. The van der Waals surface area contributed by atoms with Gasteiger partial charge in [-0.05, 0) is 36.4 Å². The van der Waals surface area contributed by atoms with Crippen molar-refractivity contribution in [2.45, 2.75) is 16.2 Å². The molecule has 0 fully saturated rings. The standard InChI is InChI=1S/C21H16FN5O2S.C2HF3O2/c22-11-1-3-13-15(9-11)17-14(5-6-24-20(17)29)19-18(13)26-21(27-19)30-12-2-4-16(25-10-12)23-7-8-28;3-2(4,5)1(6)7/h1-6,9-10,28H,7-8H2,(H,23,25)(H,24,29)(H,26,27);(H,6,7). The third-order valence-electron chi connectivity index (χ3n) is 5.03. The first kappa shape index (κ1) is 25.9. The second-order valence-corrected chi connectivity index (χ2v) is 8.55. The summed E-state index contributed by atoms with van der Waals surface area (Å²) in [7, 11) is 0. The van der Waals surface area contributed by atoms with E-state index in [0.29, 0.717) is 39.2 Å². The molecule has 0 aliphatic rings. The number of aliphatic carboxylic acids is 1. The van der Waals surface area contributed by atoms with E-state index in [1.165, 1.54) is 23.9 Å². The zero-order chi connectivity index (χ0) is 26.7. The molecule has 5 rings (SSSR count). The van der Waals surface area contributed by atoms with E-state index < -0.39 is 18.0 Å². The lowest BCUT2D eigenvalue weighted by molar-refractivity contribution is -0.192. The highest BCUT2D eigenvalue weighted by molar-refractivity contribution is 7.99. The van der Waals surface area contributed by atoms with Crippen molar-refractivity contribution in [3.8, 4) is 0 Å². The summed E-state index contributed by atoms with van der Waals surface area (Å²) in [6, 6.07) is 9.92. The molecule has 3 heterocycles. The van der Waals surface area contributed by atoms with Crippen LogP contribution in [0.4, 0.5) is 23.4 Å². The summed E-state index contributed by atoms with van der Waals surface area (Å²) in [6.07, 6.45) is -1.80. The smallest absolute Gasteiger partial charge is 0.475 e. The fourth-order valence-electron chi connectivity index (χ4n) is 3.52. The van der Waals surface area contributed by atoms with Gasteiger partial charge in [0.15, 0.2) is 5.16 Å². The van der Waals surface area contributed by atoms with E-state index in [1.807, 2.05) is 12.1 Å². The zero-order valence-electron chi connectivity index (χ0n) is 18.6. The summed E-state index contributed by atoms with van der Waals surface area (Å²) in [6.45, 7) is 0.467. The quantitative estimate of drug-likeness (QED) is 0.166. The van der Waals surface area contributed by atoms with Crippen LogP contribution in [-0.2, 0) is 4.79 Å². The van der Waals surface area contributed by atoms with E-state index in [2.05, 4.69) is 20.3 Å².